The van der Waals surface area contributed by atoms with Crippen molar-refractivity contribution in [2.45, 2.75) is 19.5 Å². The number of hydrogen-bond acceptors (Lipinski definition) is 4. The maximum Gasteiger partial charge on any atom is 0.209 e. The van der Waals surface area contributed by atoms with Gasteiger partial charge >= 0.3 is 0 Å². The van der Waals surface area contributed by atoms with Gasteiger partial charge in [0, 0.05) is 25.2 Å². The fourth-order valence-electron chi connectivity index (χ4n) is 2.35. The van der Waals surface area contributed by atoms with Crippen LogP contribution in [0, 0.1) is 11.6 Å². The van der Waals surface area contributed by atoms with Crippen molar-refractivity contribution in [2.24, 2.45) is 0 Å². The lowest BCUT2D eigenvalue weighted by molar-refractivity contribution is 0.311. The van der Waals surface area contributed by atoms with Crippen LogP contribution in [-0.4, -0.2) is 27.8 Å². The summed E-state index contributed by atoms with van der Waals surface area (Å²) in [5, 5.41) is 3.18. The molecule has 2 N–H and O–H groups in total. The number of benzene rings is 2. The standard InChI is InChI=1S/C18H22F2N2O3S/c1-13(22-26(2,23)24)15-5-3-14(4-6-15)12-21-9-10-25-16-7-8-17(19)18(20)11-16/h3-8,11,13,21-22H,9-10,12H2,1-2H3/t13-/m1/s1. The first-order chi connectivity index (χ1) is 12.2. The largest absolute Gasteiger partial charge is 0.492 e. The average molecular weight is 384 g/mol. The molecule has 0 saturated carbocycles. The quantitative estimate of drug-likeness (QED) is 0.653. The molecule has 2 rings (SSSR count). The van der Waals surface area contributed by atoms with Crippen molar-refractivity contribution >= 4 is 10.0 Å². The minimum Gasteiger partial charge on any atom is -0.492 e. The smallest absolute Gasteiger partial charge is 0.209 e. The third-order valence-corrected chi connectivity index (χ3v) is 4.42. The van der Waals surface area contributed by atoms with E-state index in [0.29, 0.717) is 19.7 Å². The van der Waals surface area contributed by atoms with Crippen molar-refractivity contribution in [3.63, 3.8) is 0 Å². The third-order valence-electron chi connectivity index (χ3n) is 3.64. The van der Waals surface area contributed by atoms with Crippen LogP contribution in [-0.2, 0) is 16.6 Å². The minimum atomic E-state index is -3.25. The van der Waals surface area contributed by atoms with Gasteiger partial charge < -0.3 is 10.1 Å². The number of nitrogens with one attached hydrogen (secondary N) is 2. The molecule has 142 valence electrons. The topological polar surface area (TPSA) is 67.4 Å². The van der Waals surface area contributed by atoms with E-state index in [1.807, 2.05) is 24.3 Å². The summed E-state index contributed by atoms with van der Waals surface area (Å²) in [6.45, 7) is 3.24. The normalized spacial score (nSPS) is 12.8. The summed E-state index contributed by atoms with van der Waals surface area (Å²) in [6.07, 6.45) is 1.13. The molecular weight excluding hydrogens is 362 g/mol. The maximum atomic E-state index is 13.0. The first kappa shape index (κ1) is 20.3. The fraction of sp³-hybridized carbons (Fsp3) is 0.333. The molecule has 0 aliphatic carbocycles. The highest BCUT2D eigenvalue weighted by Crippen LogP contribution is 2.15. The SMILES string of the molecule is C[C@@H](NS(C)(=O)=O)c1ccc(CNCCOc2ccc(F)c(F)c2)cc1. The van der Waals surface area contributed by atoms with E-state index in [-0.39, 0.29) is 11.8 Å². The van der Waals surface area contributed by atoms with Crippen molar-refractivity contribution in [3.05, 3.63) is 65.2 Å². The van der Waals surface area contributed by atoms with Gasteiger partial charge in [-0.1, -0.05) is 24.3 Å². The zero-order chi connectivity index (χ0) is 19.2. The van der Waals surface area contributed by atoms with Gasteiger partial charge in [0.25, 0.3) is 0 Å². The van der Waals surface area contributed by atoms with E-state index in [9.17, 15) is 17.2 Å². The molecule has 0 amide bonds. The summed E-state index contributed by atoms with van der Waals surface area (Å²) in [4.78, 5) is 0. The Morgan fingerprint density at radius 1 is 1.08 bits per heavy atom. The van der Waals surface area contributed by atoms with Gasteiger partial charge in [-0.05, 0) is 30.2 Å². The van der Waals surface area contributed by atoms with Gasteiger partial charge in [-0.25, -0.2) is 21.9 Å². The molecule has 0 spiro atoms. The van der Waals surface area contributed by atoms with Crippen LogP contribution < -0.4 is 14.8 Å². The molecular formula is C18H22F2N2O3S. The van der Waals surface area contributed by atoms with Gasteiger partial charge in [0.1, 0.15) is 12.4 Å². The van der Waals surface area contributed by atoms with E-state index in [2.05, 4.69) is 10.0 Å². The predicted molar refractivity (Wildman–Crippen MR) is 96.4 cm³/mol. The number of hydrogen-bond donors (Lipinski definition) is 2. The molecule has 1 atom stereocenters. The highest BCUT2D eigenvalue weighted by Gasteiger charge is 2.10. The molecule has 0 aliphatic heterocycles. The Hall–Kier alpha value is -2.03. The summed E-state index contributed by atoms with van der Waals surface area (Å²) in [7, 11) is -3.25. The van der Waals surface area contributed by atoms with Crippen LogP contribution in [0.15, 0.2) is 42.5 Å². The summed E-state index contributed by atoms with van der Waals surface area (Å²) < 4.78 is 56.2. The monoisotopic (exact) mass is 384 g/mol. The Morgan fingerprint density at radius 2 is 1.77 bits per heavy atom. The van der Waals surface area contributed by atoms with Gasteiger partial charge in [-0.3, -0.25) is 0 Å². The summed E-state index contributed by atoms with van der Waals surface area (Å²) in [6, 6.07) is 10.7. The molecule has 2 aromatic rings. The fourth-order valence-corrected chi connectivity index (χ4v) is 3.13. The van der Waals surface area contributed by atoms with Crippen molar-refractivity contribution in [3.8, 4) is 5.75 Å². The maximum absolute atomic E-state index is 13.0. The number of ether oxygens (including phenoxy) is 1. The van der Waals surface area contributed by atoms with E-state index in [1.165, 1.54) is 6.07 Å². The second-order valence-electron chi connectivity index (χ2n) is 5.95. The van der Waals surface area contributed by atoms with Crippen LogP contribution in [0.2, 0.25) is 0 Å². The van der Waals surface area contributed by atoms with E-state index in [4.69, 9.17) is 4.74 Å². The summed E-state index contributed by atoms with van der Waals surface area (Å²) in [5.41, 5.74) is 1.91. The van der Waals surface area contributed by atoms with Crippen LogP contribution >= 0.6 is 0 Å². The van der Waals surface area contributed by atoms with Crippen LogP contribution in [0.5, 0.6) is 5.75 Å². The highest BCUT2D eigenvalue weighted by molar-refractivity contribution is 7.88. The molecule has 0 unspecified atom stereocenters. The van der Waals surface area contributed by atoms with Crippen molar-refractivity contribution < 1.29 is 21.9 Å². The van der Waals surface area contributed by atoms with Gasteiger partial charge in [-0.15, -0.1) is 0 Å². The predicted octanol–water partition coefficient (Wildman–Crippen LogP) is 2.74. The van der Waals surface area contributed by atoms with E-state index < -0.39 is 21.7 Å². The lowest BCUT2D eigenvalue weighted by Crippen LogP contribution is -2.25. The van der Waals surface area contributed by atoms with Crippen molar-refractivity contribution in [2.75, 3.05) is 19.4 Å². The molecule has 0 radical (unpaired) electrons. The van der Waals surface area contributed by atoms with E-state index in [1.54, 1.807) is 6.92 Å². The third kappa shape index (κ3) is 6.70. The molecule has 8 heteroatoms. The lowest BCUT2D eigenvalue weighted by atomic mass is 10.1. The van der Waals surface area contributed by atoms with Crippen molar-refractivity contribution in [1.29, 1.82) is 0 Å². The lowest BCUT2D eigenvalue weighted by Gasteiger charge is -2.13. The summed E-state index contributed by atoms with van der Waals surface area (Å²) in [5.74, 6) is -1.56. The zero-order valence-electron chi connectivity index (χ0n) is 14.6. The van der Waals surface area contributed by atoms with Gasteiger partial charge in [-0.2, -0.15) is 0 Å². The second kappa shape index (κ2) is 9.07. The zero-order valence-corrected chi connectivity index (χ0v) is 15.4. The van der Waals surface area contributed by atoms with E-state index in [0.717, 1.165) is 29.5 Å². The Bertz CT molecular complexity index is 827. The number of halogens is 2. The average Bonchev–Trinajstić information content (AvgIpc) is 2.57. The molecule has 0 bridgehead atoms. The molecule has 0 aliphatic rings. The molecule has 0 saturated heterocycles. The van der Waals surface area contributed by atoms with Crippen LogP contribution in [0.3, 0.4) is 0 Å². The van der Waals surface area contributed by atoms with Gasteiger partial charge in [0.15, 0.2) is 11.6 Å². The van der Waals surface area contributed by atoms with Gasteiger partial charge in [0.05, 0.1) is 6.26 Å². The molecule has 0 aromatic heterocycles. The molecule has 2 aromatic carbocycles. The summed E-state index contributed by atoms with van der Waals surface area (Å²) >= 11 is 0. The molecule has 0 heterocycles. The number of sulfonamides is 1. The van der Waals surface area contributed by atoms with E-state index >= 15 is 0 Å². The first-order valence-electron chi connectivity index (χ1n) is 8.09. The Kier molecular flexibility index (Phi) is 7.07. The molecule has 5 nitrogen and oxygen atoms in total. The second-order valence-corrected chi connectivity index (χ2v) is 7.73. The van der Waals surface area contributed by atoms with Gasteiger partial charge in [0.2, 0.25) is 10.0 Å². The Balaban J connectivity index is 1.73. The molecule has 26 heavy (non-hydrogen) atoms. The number of rotatable bonds is 9. The Morgan fingerprint density at radius 3 is 2.38 bits per heavy atom. The first-order valence-corrected chi connectivity index (χ1v) is 9.98. The Labute approximate surface area is 152 Å². The van der Waals surface area contributed by atoms with Crippen LogP contribution in [0.4, 0.5) is 8.78 Å². The van der Waals surface area contributed by atoms with Crippen molar-refractivity contribution in [1.82, 2.24) is 10.0 Å². The minimum absolute atomic E-state index is 0.280. The molecule has 0 fully saturated rings. The highest BCUT2D eigenvalue weighted by atomic mass is 32.2. The van der Waals surface area contributed by atoms with Crippen LogP contribution in [0.25, 0.3) is 0 Å². The van der Waals surface area contributed by atoms with Crippen LogP contribution in [0.1, 0.15) is 24.1 Å².